The number of anilines is 2. The summed E-state index contributed by atoms with van der Waals surface area (Å²) in [5, 5.41) is 17.4. The molecule has 0 atom stereocenters. The van der Waals surface area contributed by atoms with Crippen molar-refractivity contribution < 1.29 is 0 Å². The van der Waals surface area contributed by atoms with E-state index in [1.54, 1.807) is 12.1 Å². The summed E-state index contributed by atoms with van der Waals surface area (Å²) in [5.41, 5.74) is 7.11. The van der Waals surface area contributed by atoms with Gasteiger partial charge in [-0.15, -0.1) is 5.10 Å². The van der Waals surface area contributed by atoms with Gasteiger partial charge in [0.1, 0.15) is 17.5 Å². The van der Waals surface area contributed by atoms with Crippen molar-refractivity contribution in [2.45, 2.75) is 18.9 Å². The molecular formula is C13H12ClN5. The maximum Gasteiger partial charge on any atom is 0.168 e. The van der Waals surface area contributed by atoms with Crippen LogP contribution in [0.25, 0.3) is 5.69 Å². The molecule has 0 bridgehead atoms. The molecule has 0 radical (unpaired) electrons. The Kier molecular flexibility index (Phi) is 2.80. The number of nitrogens with two attached hydrogens (primary N) is 1. The van der Waals surface area contributed by atoms with Crippen molar-refractivity contribution in [1.29, 1.82) is 5.26 Å². The first-order valence-electron chi connectivity index (χ1n) is 6.00. The molecule has 2 aromatic rings. The van der Waals surface area contributed by atoms with Gasteiger partial charge in [0.05, 0.1) is 5.69 Å². The van der Waals surface area contributed by atoms with E-state index < -0.39 is 0 Å². The van der Waals surface area contributed by atoms with Crippen molar-refractivity contribution in [3.8, 4) is 11.8 Å². The van der Waals surface area contributed by atoms with E-state index in [1.165, 1.54) is 4.68 Å². The number of nitriles is 1. The highest BCUT2D eigenvalue weighted by atomic mass is 35.5. The van der Waals surface area contributed by atoms with E-state index in [2.05, 4.69) is 16.5 Å². The van der Waals surface area contributed by atoms with Gasteiger partial charge >= 0.3 is 0 Å². The zero-order valence-electron chi connectivity index (χ0n) is 10.1. The van der Waals surface area contributed by atoms with Crippen molar-refractivity contribution in [2.75, 3.05) is 11.1 Å². The van der Waals surface area contributed by atoms with Crippen LogP contribution in [0.1, 0.15) is 18.4 Å². The molecule has 1 aromatic heterocycles. The molecule has 1 aliphatic carbocycles. The largest absolute Gasteiger partial charge is 0.382 e. The lowest BCUT2D eigenvalue weighted by Gasteiger charge is -2.03. The number of halogens is 1. The van der Waals surface area contributed by atoms with Crippen molar-refractivity contribution in [3.05, 3.63) is 34.9 Å². The van der Waals surface area contributed by atoms with Gasteiger partial charge in [0.15, 0.2) is 5.82 Å². The van der Waals surface area contributed by atoms with Crippen molar-refractivity contribution >= 4 is 23.2 Å². The standard InChI is InChI=1S/C13H12ClN5/c14-8-2-1-3-10(6-8)19-12(16)11(7-15)13(18-19)17-9-4-5-9/h1-3,6,9H,4-5,16H2,(H,17,18). The third-order valence-electron chi connectivity index (χ3n) is 3.00. The molecule has 0 aliphatic heterocycles. The Morgan fingerprint density at radius 1 is 1.47 bits per heavy atom. The normalized spacial score (nSPS) is 14.1. The van der Waals surface area contributed by atoms with Crippen LogP contribution in [0.5, 0.6) is 0 Å². The second-order valence-electron chi connectivity index (χ2n) is 4.53. The first-order valence-corrected chi connectivity index (χ1v) is 6.38. The van der Waals surface area contributed by atoms with E-state index in [9.17, 15) is 5.26 Å². The van der Waals surface area contributed by atoms with Gasteiger partial charge in [0, 0.05) is 11.1 Å². The van der Waals surface area contributed by atoms with Crippen molar-refractivity contribution in [3.63, 3.8) is 0 Å². The zero-order valence-corrected chi connectivity index (χ0v) is 10.9. The molecule has 5 nitrogen and oxygen atoms in total. The lowest BCUT2D eigenvalue weighted by molar-refractivity contribution is 0.887. The van der Waals surface area contributed by atoms with Crippen molar-refractivity contribution in [2.24, 2.45) is 0 Å². The molecule has 1 aromatic carbocycles. The number of nitrogens with zero attached hydrogens (tertiary/aromatic N) is 3. The number of benzene rings is 1. The minimum atomic E-state index is 0.327. The Morgan fingerprint density at radius 3 is 2.89 bits per heavy atom. The fourth-order valence-corrected chi connectivity index (χ4v) is 2.05. The van der Waals surface area contributed by atoms with Gasteiger partial charge in [-0.05, 0) is 31.0 Å². The van der Waals surface area contributed by atoms with E-state index in [0.29, 0.717) is 28.3 Å². The van der Waals surface area contributed by atoms with E-state index >= 15 is 0 Å². The third kappa shape index (κ3) is 2.23. The molecule has 3 N–H and O–H groups in total. The van der Waals surface area contributed by atoms with Gasteiger partial charge in [0.25, 0.3) is 0 Å². The van der Waals surface area contributed by atoms with E-state index in [0.717, 1.165) is 18.5 Å². The Balaban J connectivity index is 2.06. The van der Waals surface area contributed by atoms with Crippen LogP contribution in [0.4, 0.5) is 11.6 Å². The van der Waals surface area contributed by atoms with Gasteiger partial charge in [-0.25, -0.2) is 4.68 Å². The fraction of sp³-hybridized carbons (Fsp3) is 0.231. The highest BCUT2D eigenvalue weighted by molar-refractivity contribution is 6.30. The van der Waals surface area contributed by atoms with Crippen LogP contribution in [-0.2, 0) is 0 Å². The summed E-state index contributed by atoms with van der Waals surface area (Å²) in [7, 11) is 0. The maximum absolute atomic E-state index is 9.20. The number of hydrogen-bond acceptors (Lipinski definition) is 4. The third-order valence-corrected chi connectivity index (χ3v) is 3.24. The van der Waals surface area contributed by atoms with Crippen LogP contribution in [0, 0.1) is 11.3 Å². The minimum Gasteiger partial charge on any atom is -0.382 e. The van der Waals surface area contributed by atoms with Crippen LogP contribution in [0.3, 0.4) is 0 Å². The van der Waals surface area contributed by atoms with Gasteiger partial charge in [-0.1, -0.05) is 17.7 Å². The average molecular weight is 274 g/mol. The molecule has 0 amide bonds. The molecule has 1 saturated carbocycles. The first-order chi connectivity index (χ1) is 9.19. The molecule has 0 saturated heterocycles. The number of aromatic nitrogens is 2. The first kappa shape index (κ1) is 11.9. The Labute approximate surface area is 115 Å². The molecule has 19 heavy (non-hydrogen) atoms. The Bertz CT molecular complexity index is 666. The van der Waals surface area contributed by atoms with E-state index in [4.69, 9.17) is 17.3 Å². The highest BCUT2D eigenvalue weighted by Gasteiger charge is 2.25. The fourth-order valence-electron chi connectivity index (χ4n) is 1.87. The summed E-state index contributed by atoms with van der Waals surface area (Å²) in [6.45, 7) is 0. The average Bonchev–Trinajstić information content (AvgIpc) is 3.14. The second kappa shape index (κ2) is 4.48. The number of nitrogens with one attached hydrogen (secondary N) is 1. The van der Waals surface area contributed by atoms with Crippen LogP contribution < -0.4 is 11.1 Å². The predicted molar refractivity (Wildman–Crippen MR) is 74.3 cm³/mol. The summed E-state index contributed by atoms with van der Waals surface area (Å²) in [6.07, 6.45) is 2.21. The second-order valence-corrected chi connectivity index (χ2v) is 4.97. The zero-order chi connectivity index (χ0) is 13.4. The molecule has 6 heteroatoms. The molecule has 1 aliphatic rings. The molecular weight excluding hydrogens is 262 g/mol. The molecule has 0 unspecified atom stereocenters. The van der Waals surface area contributed by atoms with Gasteiger partial charge in [0.2, 0.25) is 0 Å². The number of rotatable bonds is 3. The predicted octanol–water partition coefficient (Wildman–Crippen LogP) is 2.55. The van der Waals surface area contributed by atoms with Crippen LogP contribution in [-0.4, -0.2) is 15.8 Å². The monoisotopic (exact) mass is 273 g/mol. The van der Waals surface area contributed by atoms with Crippen LogP contribution >= 0.6 is 11.6 Å². The van der Waals surface area contributed by atoms with E-state index in [1.807, 2.05) is 12.1 Å². The van der Waals surface area contributed by atoms with Crippen LogP contribution in [0.15, 0.2) is 24.3 Å². The van der Waals surface area contributed by atoms with E-state index in [-0.39, 0.29) is 0 Å². The van der Waals surface area contributed by atoms with Gasteiger partial charge in [-0.2, -0.15) is 5.26 Å². The molecule has 3 rings (SSSR count). The Morgan fingerprint density at radius 2 is 2.26 bits per heavy atom. The summed E-state index contributed by atoms with van der Waals surface area (Å²) in [5.74, 6) is 0.871. The summed E-state index contributed by atoms with van der Waals surface area (Å²) in [6, 6.07) is 9.71. The van der Waals surface area contributed by atoms with Crippen LogP contribution in [0.2, 0.25) is 5.02 Å². The summed E-state index contributed by atoms with van der Waals surface area (Å²) >= 11 is 5.96. The molecule has 1 fully saturated rings. The van der Waals surface area contributed by atoms with Gasteiger partial charge < -0.3 is 11.1 Å². The quantitative estimate of drug-likeness (QED) is 0.901. The topological polar surface area (TPSA) is 79.7 Å². The number of nitrogen functional groups attached to an aromatic ring is 1. The van der Waals surface area contributed by atoms with Crippen molar-refractivity contribution in [1.82, 2.24) is 9.78 Å². The smallest absolute Gasteiger partial charge is 0.168 e. The molecule has 96 valence electrons. The summed E-state index contributed by atoms with van der Waals surface area (Å²) in [4.78, 5) is 0. The SMILES string of the molecule is N#Cc1c(NC2CC2)nn(-c2cccc(Cl)c2)c1N. The summed E-state index contributed by atoms with van der Waals surface area (Å²) < 4.78 is 1.54. The molecule has 0 spiro atoms. The Hall–Kier alpha value is -2.19. The lowest BCUT2D eigenvalue weighted by atomic mass is 10.3. The number of hydrogen-bond donors (Lipinski definition) is 2. The minimum absolute atomic E-state index is 0.327. The lowest BCUT2D eigenvalue weighted by Crippen LogP contribution is -2.04. The molecule has 1 heterocycles. The maximum atomic E-state index is 9.20. The van der Waals surface area contributed by atoms with Gasteiger partial charge in [-0.3, -0.25) is 0 Å². The highest BCUT2D eigenvalue weighted by Crippen LogP contribution is 2.30.